The van der Waals surface area contributed by atoms with E-state index in [1.807, 2.05) is 13.0 Å². The molecule has 128 valence electrons. The molecule has 0 spiro atoms. The number of carbonyl (C=O) groups excluding carboxylic acids is 1. The van der Waals surface area contributed by atoms with Gasteiger partial charge < -0.3 is 20.1 Å². The highest BCUT2D eigenvalue weighted by atomic mass is 35.5. The maximum Gasteiger partial charge on any atom is 0.240 e. The van der Waals surface area contributed by atoms with E-state index in [-0.39, 0.29) is 36.5 Å². The molecule has 3 rings (SSSR count). The summed E-state index contributed by atoms with van der Waals surface area (Å²) in [6, 6.07) is 5.94. The molecule has 1 unspecified atom stereocenters. The lowest BCUT2D eigenvalue weighted by Gasteiger charge is -2.32. The van der Waals surface area contributed by atoms with Crippen LogP contribution >= 0.6 is 12.4 Å². The number of aryl methyl sites for hydroxylation is 1. The highest BCUT2D eigenvalue weighted by Crippen LogP contribution is 2.32. The van der Waals surface area contributed by atoms with Gasteiger partial charge in [-0.3, -0.25) is 4.79 Å². The zero-order valence-electron chi connectivity index (χ0n) is 13.6. The van der Waals surface area contributed by atoms with Crippen LogP contribution in [0.15, 0.2) is 18.2 Å². The summed E-state index contributed by atoms with van der Waals surface area (Å²) in [6.07, 6.45) is 3.01. The van der Waals surface area contributed by atoms with Gasteiger partial charge in [0, 0.05) is 6.54 Å². The first-order chi connectivity index (χ1) is 10.7. The molecule has 0 saturated carbocycles. The average molecular weight is 341 g/mol. The van der Waals surface area contributed by atoms with Crippen LogP contribution in [0.1, 0.15) is 36.9 Å². The first-order valence-electron chi connectivity index (χ1n) is 8.01. The number of nitrogens with one attached hydrogen (secondary N) is 2. The SMILES string of the molecule is COc1ccc2c(c1)CCCC2NC(=O)[C@H]1NCCO[C@@H]1C.Cl. The third kappa shape index (κ3) is 3.97. The Morgan fingerprint density at radius 2 is 2.26 bits per heavy atom. The summed E-state index contributed by atoms with van der Waals surface area (Å²) in [7, 11) is 1.68. The molecule has 3 atom stereocenters. The molecular weight excluding hydrogens is 316 g/mol. The number of hydrogen-bond acceptors (Lipinski definition) is 4. The van der Waals surface area contributed by atoms with Crippen molar-refractivity contribution in [1.82, 2.24) is 10.6 Å². The zero-order chi connectivity index (χ0) is 15.5. The molecule has 23 heavy (non-hydrogen) atoms. The average Bonchev–Trinajstić information content (AvgIpc) is 2.55. The van der Waals surface area contributed by atoms with Crippen molar-refractivity contribution in [3.8, 4) is 5.75 Å². The normalized spacial score (nSPS) is 26.6. The summed E-state index contributed by atoms with van der Waals surface area (Å²) in [6.45, 7) is 3.33. The van der Waals surface area contributed by atoms with Gasteiger partial charge in [-0.25, -0.2) is 0 Å². The summed E-state index contributed by atoms with van der Waals surface area (Å²) in [5.41, 5.74) is 2.49. The summed E-state index contributed by atoms with van der Waals surface area (Å²) in [5.74, 6) is 0.905. The second kappa shape index (κ2) is 7.99. The van der Waals surface area contributed by atoms with Crippen LogP contribution in [0.4, 0.5) is 0 Å². The third-order valence-corrected chi connectivity index (χ3v) is 4.58. The molecule has 1 aliphatic heterocycles. The molecule has 2 N–H and O–H groups in total. The number of morpholine rings is 1. The fourth-order valence-corrected chi connectivity index (χ4v) is 3.36. The van der Waals surface area contributed by atoms with Crippen molar-refractivity contribution >= 4 is 18.3 Å². The van der Waals surface area contributed by atoms with Gasteiger partial charge in [0.15, 0.2) is 0 Å². The number of rotatable bonds is 3. The number of amides is 1. The minimum absolute atomic E-state index is 0. The first kappa shape index (κ1) is 18.0. The van der Waals surface area contributed by atoms with Crippen molar-refractivity contribution in [3.05, 3.63) is 29.3 Å². The Balaban J connectivity index is 0.00000192. The Hall–Kier alpha value is -1.30. The molecule has 1 heterocycles. The van der Waals surface area contributed by atoms with Crippen LogP contribution in [0.5, 0.6) is 5.75 Å². The number of hydrogen-bond donors (Lipinski definition) is 2. The van der Waals surface area contributed by atoms with Crippen LogP contribution in [0, 0.1) is 0 Å². The van der Waals surface area contributed by atoms with Crippen molar-refractivity contribution in [3.63, 3.8) is 0 Å². The largest absolute Gasteiger partial charge is 0.497 e. The van der Waals surface area contributed by atoms with Crippen LogP contribution in [0.2, 0.25) is 0 Å². The topological polar surface area (TPSA) is 59.6 Å². The van der Waals surface area contributed by atoms with Crippen molar-refractivity contribution in [2.75, 3.05) is 20.3 Å². The maximum absolute atomic E-state index is 12.5. The van der Waals surface area contributed by atoms with E-state index in [0.717, 1.165) is 31.6 Å². The highest BCUT2D eigenvalue weighted by molar-refractivity contribution is 5.85. The smallest absolute Gasteiger partial charge is 0.240 e. The fraction of sp³-hybridized carbons (Fsp3) is 0.588. The second-order valence-corrected chi connectivity index (χ2v) is 6.03. The maximum atomic E-state index is 12.5. The van der Waals surface area contributed by atoms with Gasteiger partial charge in [0.25, 0.3) is 0 Å². The standard InChI is InChI=1S/C17H24N2O3.ClH/c1-11-16(18-8-9-22-11)17(20)19-15-5-3-4-12-10-13(21-2)6-7-14(12)15;/h6-7,10-11,15-16,18H,3-5,8-9H2,1-2H3,(H,19,20);1H/t11-,15?,16+;/m1./s1. The van der Waals surface area contributed by atoms with E-state index in [0.29, 0.717) is 6.61 Å². The monoisotopic (exact) mass is 340 g/mol. The van der Waals surface area contributed by atoms with E-state index in [1.165, 1.54) is 11.1 Å². The molecule has 6 heteroatoms. The highest BCUT2D eigenvalue weighted by Gasteiger charge is 2.31. The Labute approximate surface area is 143 Å². The van der Waals surface area contributed by atoms with E-state index in [1.54, 1.807) is 7.11 Å². The van der Waals surface area contributed by atoms with Crippen LogP contribution < -0.4 is 15.4 Å². The molecule has 1 amide bonds. The predicted molar refractivity (Wildman–Crippen MR) is 91.3 cm³/mol. The van der Waals surface area contributed by atoms with Gasteiger partial charge in [-0.05, 0) is 49.4 Å². The molecule has 1 saturated heterocycles. The Morgan fingerprint density at radius 3 is 3.00 bits per heavy atom. The molecule has 5 nitrogen and oxygen atoms in total. The van der Waals surface area contributed by atoms with E-state index in [4.69, 9.17) is 9.47 Å². The van der Waals surface area contributed by atoms with Gasteiger partial charge in [-0.1, -0.05) is 6.07 Å². The molecule has 1 aromatic rings. The lowest BCUT2D eigenvalue weighted by molar-refractivity contribution is -0.129. The predicted octanol–water partition coefficient (Wildman–Crippen LogP) is 1.99. The Morgan fingerprint density at radius 1 is 1.43 bits per heavy atom. The molecule has 0 bridgehead atoms. The summed E-state index contributed by atoms with van der Waals surface area (Å²) >= 11 is 0. The van der Waals surface area contributed by atoms with Crippen LogP contribution in [-0.2, 0) is 16.0 Å². The van der Waals surface area contributed by atoms with Gasteiger partial charge >= 0.3 is 0 Å². The fourth-order valence-electron chi connectivity index (χ4n) is 3.36. The first-order valence-corrected chi connectivity index (χ1v) is 8.01. The van der Waals surface area contributed by atoms with Crippen molar-refractivity contribution < 1.29 is 14.3 Å². The van der Waals surface area contributed by atoms with Gasteiger partial charge in [-0.2, -0.15) is 0 Å². The number of benzene rings is 1. The third-order valence-electron chi connectivity index (χ3n) is 4.58. The quantitative estimate of drug-likeness (QED) is 0.883. The van der Waals surface area contributed by atoms with Crippen LogP contribution in [-0.4, -0.2) is 38.3 Å². The summed E-state index contributed by atoms with van der Waals surface area (Å²) < 4.78 is 10.9. The number of fused-ring (bicyclic) bond motifs is 1. The van der Waals surface area contributed by atoms with Gasteiger partial charge in [-0.15, -0.1) is 12.4 Å². The number of methoxy groups -OCH3 is 1. The van der Waals surface area contributed by atoms with Gasteiger partial charge in [0.1, 0.15) is 11.8 Å². The molecule has 1 fully saturated rings. The number of halogens is 1. The minimum atomic E-state index is -0.266. The van der Waals surface area contributed by atoms with Crippen molar-refractivity contribution in [2.24, 2.45) is 0 Å². The van der Waals surface area contributed by atoms with Crippen molar-refractivity contribution in [1.29, 1.82) is 0 Å². The molecule has 1 aliphatic carbocycles. The molecule has 2 aliphatic rings. The van der Waals surface area contributed by atoms with E-state index < -0.39 is 0 Å². The van der Waals surface area contributed by atoms with Crippen LogP contribution in [0.25, 0.3) is 0 Å². The molecule has 1 aromatic carbocycles. The second-order valence-electron chi connectivity index (χ2n) is 6.03. The van der Waals surface area contributed by atoms with E-state index >= 15 is 0 Å². The lowest BCUT2D eigenvalue weighted by Crippen LogP contribution is -2.56. The van der Waals surface area contributed by atoms with E-state index in [2.05, 4.69) is 22.8 Å². The Kier molecular flexibility index (Phi) is 6.27. The lowest BCUT2D eigenvalue weighted by atomic mass is 9.87. The zero-order valence-corrected chi connectivity index (χ0v) is 14.4. The summed E-state index contributed by atoms with van der Waals surface area (Å²) in [5, 5.41) is 6.43. The van der Waals surface area contributed by atoms with Crippen LogP contribution in [0.3, 0.4) is 0 Å². The van der Waals surface area contributed by atoms with E-state index in [9.17, 15) is 4.79 Å². The molecule has 0 radical (unpaired) electrons. The molecule has 0 aromatic heterocycles. The van der Waals surface area contributed by atoms with Gasteiger partial charge in [0.2, 0.25) is 5.91 Å². The van der Waals surface area contributed by atoms with Crippen molar-refractivity contribution in [2.45, 2.75) is 44.4 Å². The number of ether oxygens (including phenoxy) is 2. The minimum Gasteiger partial charge on any atom is -0.497 e. The summed E-state index contributed by atoms with van der Waals surface area (Å²) in [4.78, 5) is 12.5. The number of carbonyl (C=O) groups is 1. The Bertz CT molecular complexity index is 553. The molecular formula is C17H25ClN2O3. The van der Waals surface area contributed by atoms with Gasteiger partial charge in [0.05, 0.1) is 25.9 Å².